The van der Waals surface area contributed by atoms with Crippen molar-refractivity contribution >= 4 is 11.9 Å². The number of hydrogen-bond donors (Lipinski definition) is 3. The van der Waals surface area contributed by atoms with Gasteiger partial charge in [0.1, 0.15) is 0 Å². The van der Waals surface area contributed by atoms with E-state index in [1.807, 2.05) is 6.08 Å². The minimum absolute atomic E-state index is 0.00810. The van der Waals surface area contributed by atoms with Gasteiger partial charge >= 0.3 is 5.97 Å². The van der Waals surface area contributed by atoms with E-state index < -0.39 is 12.1 Å². The molecule has 0 aromatic carbocycles. The molecule has 6 nitrogen and oxygen atoms in total. The molecule has 388 valence electrons. The first kappa shape index (κ1) is 64.1. The van der Waals surface area contributed by atoms with Crippen LogP contribution in [0.15, 0.2) is 36.5 Å². The number of amides is 1. The van der Waals surface area contributed by atoms with Crippen molar-refractivity contribution in [3.63, 3.8) is 0 Å². The Morgan fingerprint density at radius 3 is 1.11 bits per heavy atom. The van der Waals surface area contributed by atoms with Crippen LogP contribution < -0.4 is 5.32 Å². The van der Waals surface area contributed by atoms with Crippen molar-refractivity contribution in [3.8, 4) is 0 Å². The summed E-state index contributed by atoms with van der Waals surface area (Å²) in [5, 5.41) is 23.1. The van der Waals surface area contributed by atoms with Crippen LogP contribution in [0.3, 0.4) is 0 Å². The van der Waals surface area contributed by atoms with Gasteiger partial charge in [-0.1, -0.05) is 249 Å². The van der Waals surface area contributed by atoms with E-state index >= 15 is 0 Å². The fourth-order valence-corrected chi connectivity index (χ4v) is 8.86. The number of carbonyl (C=O) groups excluding carboxylic acids is 2. The van der Waals surface area contributed by atoms with E-state index in [1.54, 1.807) is 6.08 Å². The summed E-state index contributed by atoms with van der Waals surface area (Å²) in [5.41, 5.74) is 0. The van der Waals surface area contributed by atoms with Crippen molar-refractivity contribution < 1.29 is 24.5 Å². The average molecular weight is 929 g/mol. The van der Waals surface area contributed by atoms with E-state index in [2.05, 4.69) is 43.5 Å². The van der Waals surface area contributed by atoms with E-state index in [4.69, 9.17) is 4.74 Å². The Morgan fingerprint density at radius 2 is 0.712 bits per heavy atom. The molecule has 66 heavy (non-hydrogen) atoms. The number of nitrogens with one attached hydrogen (secondary N) is 1. The highest BCUT2D eigenvalue weighted by Gasteiger charge is 2.18. The highest BCUT2D eigenvalue weighted by atomic mass is 16.5. The van der Waals surface area contributed by atoms with Gasteiger partial charge in [-0.15, -0.1) is 0 Å². The van der Waals surface area contributed by atoms with Crippen molar-refractivity contribution in [2.24, 2.45) is 0 Å². The molecule has 2 atom stereocenters. The zero-order valence-corrected chi connectivity index (χ0v) is 44.2. The minimum atomic E-state index is -0.854. The molecule has 0 saturated carbocycles. The van der Waals surface area contributed by atoms with E-state index in [0.717, 1.165) is 64.2 Å². The van der Waals surface area contributed by atoms with Crippen LogP contribution in [0.25, 0.3) is 0 Å². The first-order chi connectivity index (χ1) is 32.5. The highest BCUT2D eigenvalue weighted by molar-refractivity contribution is 5.76. The first-order valence-corrected chi connectivity index (χ1v) is 29.3. The standard InChI is InChI=1S/C60H113NO5/c1-3-5-7-9-11-13-15-17-18-19-20-23-26-29-32-36-40-44-48-52-58(63)57(56-62)61-59(64)53-49-45-41-37-33-30-27-24-21-22-25-28-31-35-39-43-47-51-55-66-60(65)54-50-46-42-38-34-16-14-12-10-8-6-4-2/h12,14,24,27,48,52,57-58,62-63H,3-11,13,15-23,25-26,28-47,49-51,53-56H2,1-2H3,(H,61,64)/b14-12-,27-24-,52-48+. The highest BCUT2D eigenvalue weighted by Crippen LogP contribution is 2.16. The third kappa shape index (κ3) is 51.5. The Labute approximate surface area is 411 Å². The van der Waals surface area contributed by atoms with Crippen molar-refractivity contribution in [3.05, 3.63) is 36.5 Å². The lowest BCUT2D eigenvalue weighted by atomic mass is 10.0. The fraction of sp³-hybridized carbons (Fsp3) is 0.867. The molecule has 0 saturated heterocycles. The molecular weight excluding hydrogens is 815 g/mol. The van der Waals surface area contributed by atoms with Gasteiger partial charge in [0.25, 0.3) is 0 Å². The quantitative estimate of drug-likeness (QED) is 0.0321. The number of esters is 1. The van der Waals surface area contributed by atoms with Gasteiger partial charge in [0.05, 0.1) is 25.4 Å². The van der Waals surface area contributed by atoms with Gasteiger partial charge in [-0.2, -0.15) is 0 Å². The maximum atomic E-state index is 12.5. The third-order valence-electron chi connectivity index (χ3n) is 13.4. The molecule has 0 radical (unpaired) electrons. The van der Waals surface area contributed by atoms with Gasteiger partial charge < -0.3 is 20.3 Å². The molecule has 1 amide bonds. The van der Waals surface area contributed by atoms with Gasteiger partial charge in [-0.05, 0) is 83.5 Å². The molecule has 0 fully saturated rings. The first-order valence-electron chi connectivity index (χ1n) is 29.3. The second kappa shape index (κ2) is 55.7. The number of ether oxygens (including phenoxy) is 1. The number of hydrogen-bond acceptors (Lipinski definition) is 5. The maximum absolute atomic E-state index is 12.5. The summed E-state index contributed by atoms with van der Waals surface area (Å²) in [7, 11) is 0. The number of carbonyl (C=O) groups is 2. The van der Waals surface area contributed by atoms with Crippen molar-refractivity contribution in [2.75, 3.05) is 13.2 Å². The Kier molecular flexibility index (Phi) is 54.1. The van der Waals surface area contributed by atoms with E-state index in [9.17, 15) is 19.8 Å². The molecule has 0 aliphatic carbocycles. The predicted octanol–water partition coefficient (Wildman–Crippen LogP) is 18.0. The molecule has 6 heteroatoms. The van der Waals surface area contributed by atoms with Gasteiger partial charge in [-0.25, -0.2) is 0 Å². The molecule has 0 spiro atoms. The molecule has 0 rings (SSSR count). The van der Waals surface area contributed by atoms with E-state index in [1.165, 1.54) is 218 Å². The van der Waals surface area contributed by atoms with Crippen molar-refractivity contribution in [1.29, 1.82) is 0 Å². The number of allylic oxidation sites excluding steroid dienone is 5. The zero-order chi connectivity index (χ0) is 47.9. The summed E-state index contributed by atoms with van der Waals surface area (Å²) < 4.78 is 5.45. The smallest absolute Gasteiger partial charge is 0.305 e. The lowest BCUT2D eigenvalue weighted by Gasteiger charge is -2.20. The Balaban J connectivity index is 3.50. The zero-order valence-electron chi connectivity index (χ0n) is 44.2. The topological polar surface area (TPSA) is 95.9 Å². The van der Waals surface area contributed by atoms with Crippen molar-refractivity contribution in [1.82, 2.24) is 5.32 Å². The molecule has 3 N–H and O–H groups in total. The van der Waals surface area contributed by atoms with Crippen LogP contribution >= 0.6 is 0 Å². The normalized spacial score (nSPS) is 12.8. The van der Waals surface area contributed by atoms with Crippen LogP contribution in [0, 0.1) is 0 Å². The molecule has 0 aliphatic rings. The molecule has 2 unspecified atom stereocenters. The predicted molar refractivity (Wildman–Crippen MR) is 287 cm³/mol. The van der Waals surface area contributed by atoms with Crippen LogP contribution in [0.5, 0.6) is 0 Å². The van der Waals surface area contributed by atoms with E-state index in [0.29, 0.717) is 19.4 Å². The summed E-state index contributed by atoms with van der Waals surface area (Å²) in [6, 6.07) is -0.639. The van der Waals surface area contributed by atoms with Gasteiger partial charge in [-0.3, -0.25) is 9.59 Å². The second-order valence-corrected chi connectivity index (χ2v) is 20.0. The van der Waals surface area contributed by atoms with Crippen LogP contribution in [-0.4, -0.2) is 47.4 Å². The molecule has 0 aromatic heterocycles. The molecule has 0 aromatic rings. The summed E-state index contributed by atoms with van der Waals surface area (Å²) >= 11 is 0. The Hall–Kier alpha value is -1.92. The Morgan fingerprint density at radius 1 is 0.409 bits per heavy atom. The minimum Gasteiger partial charge on any atom is -0.466 e. The van der Waals surface area contributed by atoms with Gasteiger partial charge in [0.2, 0.25) is 5.91 Å². The van der Waals surface area contributed by atoms with Crippen LogP contribution in [-0.2, 0) is 14.3 Å². The summed E-state index contributed by atoms with van der Waals surface area (Å²) in [6.45, 7) is 4.87. The number of rotatable bonds is 54. The lowest BCUT2D eigenvalue weighted by molar-refractivity contribution is -0.143. The summed E-state index contributed by atoms with van der Waals surface area (Å²) in [4.78, 5) is 24.5. The number of aliphatic hydroxyl groups is 2. The average Bonchev–Trinajstić information content (AvgIpc) is 3.32. The Bertz CT molecular complexity index is 1070. The largest absolute Gasteiger partial charge is 0.466 e. The monoisotopic (exact) mass is 928 g/mol. The van der Waals surface area contributed by atoms with Crippen LogP contribution in [0.1, 0.15) is 309 Å². The summed E-state index contributed by atoms with van der Waals surface area (Å²) in [5.74, 6) is -0.0890. The lowest BCUT2D eigenvalue weighted by Crippen LogP contribution is -2.45. The third-order valence-corrected chi connectivity index (χ3v) is 13.4. The molecule has 0 aliphatic heterocycles. The van der Waals surface area contributed by atoms with Gasteiger partial charge in [0.15, 0.2) is 0 Å². The maximum Gasteiger partial charge on any atom is 0.305 e. The SMILES string of the molecule is CCCCC/C=C\CCCCCCCC(=O)OCCCCCCCCCCC/C=C\CCCCCCCC(=O)NC(CO)C(O)/C=C/CCCCCCCCCCCCCCCCCCC. The number of aliphatic hydroxyl groups excluding tert-OH is 2. The van der Waals surface area contributed by atoms with E-state index in [-0.39, 0.29) is 18.5 Å². The molecule has 0 heterocycles. The van der Waals surface area contributed by atoms with Crippen LogP contribution in [0.4, 0.5) is 0 Å². The van der Waals surface area contributed by atoms with Crippen LogP contribution in [0.2, 0.25) is 0 Å². The van der Waals surface area contributed by atoms with Crippen molar-refractivity contribution in [2.45, 2.75) is 321 Å². The molecular formula is C60H113NO5. The summed E-state index contributed by atoms with van der Waals surface area (Å²) in [6.07, 6.45) is 68.8. The second-order valence-electron chi connectivity index (χ2n) is 20.0. The molecule has 0 bridgehead atoms. The number of unbranched alkanes of at least 4 members (excludes halogenated alkanes) is 39. The van der Waals surface area contributed by atoms with Gasteiger partial charge in [0, 0.05) is 12.8 Å². The fourth-order valence-electron chi connectivity index (χ4n) is 8.86.